The third-order valence-electron chi connectivity index (χ3n) is 2.18. The molecule has 0 radical (unpaired) electrons. The van der Waals surface area contributed by atoms with Gasteiger partial charge in [0.1, 0.15) is 6.26 Å². The third kappa shape index (κ3) is 2.27. The first-order chi connectivity index (χ1) is 7.31. The first kappa shape index (κ1) is 10.4. The van der Waals surface area contributed by atoms with Crippen LogP contribution >= 0.6 is 15.9 Å². The number of rotatable bonds is 3. The fourth-order valence-corrected chi connectivity index (χ4v) is 1.71. The lowest BCUT2D eigenvalue weighted by Gasteiger charge is -1.99. The number of aromatic nitrogens is 1. The SMILES string of the molecule is NCCc1nocc1-c1ccc(Br)cc1. The largest absolute Gasteiger partial charge is 0.364 e. The summed E-state index contributed by atoms with van der Waals surface area (Å²) in [5.41, 5.74) is 8.54. The fourth-order valence-electron chi connectivity index (χ4n) is 1.44. The summed E-state index contributed by atoms with van der Waals surface area (Å²) in [6.45, 7) is 0.579. The van der Waals surface area contributed by atoms with E-state index in [-0.39, 0.29) is 0 Å². The van der Waals surface area contributed by atoms with Crippen LogP contribution in [0, 0.1) is 0 Å². The highest BCUT2D eigenvalue weighted by atomic mass is 79.9. The standard InChI is InChI=1S/C11H11BrN2O/c12-9-3-1-8(2-4-9)10-7-15-14-11(10)5-6-13/h1-4,7H,5-6,13H2. The maximum Gasteiger partial charge on any atom is 0.131 e. The van der Waals surface area contributed by atoms with Crippen LogP contribution in [0.4, 0.5) is 0 Å². The average molecular weight is 267 g/mol. The van der Waals surface area contributed by atoms with Crippen molar-refractivity contribution < 1.29 is 4.52 Å². The van der Waals surface area contributed by atoms with E-state index in [1.54, 1.807) is 6.26 Å². The molecule has 78 valence electrons. The van der Waals surface area contributed by atoms with Gasteiger partial charge in [-0.2, -0.15) is 0 Å². The van der Waals surface area contributed by atoms with Crippen LogP contribution in [-0.4, -0.2) is 11.7 Å². The van der Waals surface area contributed by atoms with Crippen molar-refractivity contribution in [1.82, 2.24) is 5.16 Å². The second-order valence-electron chi connectivity index (χ2n) is 3.22. The van der Waals surface area contributed by atoms with Crippen molar-refractivity contribution in [3.05, 3.63) is 40.7 Å². The van der Waals surface area contributed by atoms with E-state index < -0.39 is 0 Å². The Balaban J connectivity index is 2.36. The molecule has 0 aliphatic carbocycles. The Hall–Kier alpha value is -1.13. The Kier molecular flexibility index (Phi) is 3.18. The van der Waals surface area contributed by atoms with E-state index in [2.05, 4.69) is 21.1 Å². The van der Waals surface area contributed by atoms with Gasteiger partial charge in [0.05, 0.1) is 5.69 Å². The summed E-state index contributed by atoms with van der Waals surface area (Å²) in [4.78, 5) is 0. The monoisotopic (exact) mass is 266 g/mol. The van der Waals surface area contributed by atoms with Crippen molar-refractivity contribution in [2.45, 2.75) is 6.42 Å². The minimum Gasteiger partial charge on any atom is -0.364 e. The zero-order valence-electron chi connectivity index (χ0n) is 8.11. The molecule has 4 heteroatoms. The highest BCUT2D eigenvalue weighted by molar-refractivity contribution is 9.10. The zero-order chi connectivity index (χ0) is 10.7. The van der Waals surface area contributed by atoms with Crippen LogP contribution in [0.1, 0.15) is 5.69 Å². The molecule has 1 heterocycles. The Morgan fingerprint density at radius 1 is 1.27 bits per heavy atom. The van der Waals surface area contributed by atoms with Crippen LogP contribution in [0.3, 0.4) is 0 Å². The molecule has 0 fully saturated rings. The molecule has 15 heavy (non-hydrogen) atoms. The molecular weight excluding hydrogens is 256 g/mol. The van der Waals surface area contributed by atoms with Gasteiger partial charge in [-0.1, -0.05) is 33.2 Å². The summed E-state index contributed by atoms with van der Waals surface area (Å²) in [6.07, 6.45) is 2.40. The molecule has 0 saturated carbocycles. The fraction of sp³-hybridized carbons (Fsp3) is 0.182. The first-order valence-electron chi connectivity index (χ1n) is 4.70. The van der Waals surface area contributed by atoms with E-state index in [4.69, 9.17) is 10.3 Å². The number of nitrogens with zero attached hydrogens (tertiary/aromatic N) is 1. The maximum atomic E-state index is 5.50. The van der Waals surface area contributed by atoms with E-state index in [0.717, 1.165) is 27.7 Å². The lowest BCUT2D eigenvalue weighted by Crippen LogP contribution is -2.03. The molecule has 0 unspecified atom stereocenters. The Morgan fingerprint density at radius 3 is 2.67 bits per heavy atom. The minimum absolute atomic E-state index is 0.579. The van der Waals surface area contributed by atoms with Crippen molar-refractivity contribution >= 4 is 15.9 Å². The normalized spacial score (nSPS) is 10.5. The van der Waals surface area contributed by atoms with Gasteiger partial charge in [-0.3, -0.25) is 0 Å². The Bertz CT molecular complexity index is 436. The molecule has 0 saturated heterocycles. The highest BCUT2D eigenvalue weighted by Gasteiger charge is 2.08. The van der Waals surface area contributed by atoms with Gasteiger partial charge in [-0.05, 0) is 24.2 Å². The topological polar surface area (TPSA) is 52.0 Å². The van der Waals surface area contributed by atoms with Gasteiger partial charge in [0.15, 0.2) is 0 Å². The van der Waals surface area contributed by atoms with E-state index in [1.807, 2.05) is 24.3 Å². The molecule has 0 bridgehead atoms. The predicted octanol–water partition coefficient (Wildman–Crippen LogP) is 2.61. The number of hydrogen-bond donors (Lipinski definition) is 1. The van der Waals surface area contributed by atoms with Crippen LogP contribution in [0.5, 0.6) is 0 Å². The zero-order valence-corrected chi connectivity index (χ0v) is 9.70. The molecule has 3 nitrogen and oxygen atoms in total. The molecular formula is C11H11BrN2O. The second-order valence-corrected chi connectivity index (χ2v) is 4.14. The molecule has 0 aliphatic rings. The van der Waals surface area contributed by atoms with Gasteiger partial charge in [-0.15, -0.1) is 0 Å². The van der Waals surface area contributed by atoms with Crippen LogP contribution in [0.2, 0.25) is 0 Å². The summed E-state index contributed by atoms with van der Waals surface area (Å²) < 4.78 is 6.02. The Morgan fingerprint density at radius 2 is 2.00 bits per heavy atom. The van der Waals surface area contributed by atoms with Crippen molar-refractivity contribution in [2.24, 2.45) is 5.73 Å². The summed E-state index contributed by atoms with van der Waals surface area (Å²) >= 11 is 3.40. The molecule has 2 aromatic rings. The van der Waals surface area contributed by atoms with Crippen molar-refractivity contribution in [3.8, 4) is 11.1 Å². The second kappa shape index (κ2) is 4.59. The van der Waals surface area contributed by atoms with E-state index >= 15 is 0 Å². The lowest BCUT2D eigenvalue weighted by atomic mass is 10.1. The molecule has 0 aliphatic heterocycles. The predicted molar refractivity (Wildman–Crippen MR) is 62.4 cm³/mol. The summed E-state index contributed by atoms with van der Waals surface area (Å²) in [5.74, 6) is 0. The van der Waals surface area contributed by atoms with Crippen molar-refractivity contribution in [1.29, 1.82) is 0 Å². The number of benzene rings is 1. The van der Waals surface area contributed by atoms with Crippen LogP contribution < -0.4 is 5.73 Å². The number of halogens is 1. The quantitative estimate of drug-likeness (QED) is 0.929. The van der Waals surface area contributed by atoms with Gasteiger partial charge in [0.25, 0.3) is 0 Å². The minimum atomic E-state index is 0.579. The summed E-state index contributed by atoms with van der Waals surface area (Å²) in [5, 5.41) is 3.94. The maximum absolute atomic E-state index is 5.50. The Labute approximate surface area is 96.4 Å². The summed E-state index contributed by atoms with van der Waals surface area (Å²) in [7, 11) is 0. The van der Waals surface area contributed by atoms with Crippen molar-refractivity contribution in [3.63, 3.8) is 0 Å². The molecule has 1 aromatic carbocycles. The third-order valence-corrected chi connectivity index (χ3v) is 2.71. The van der Waals surface area contributed by atoms with Gasteiger partial charge in [-0.25, -0.2) is 0 Å². The van der Waals surface area contributed by atoms with Gasteiger partial charge in [0, 0.05) is 16.5 Å². The van der Waals surface area contributed by atoms with E-state index in [1.165, 1.54) is 0 Å². The molecule has 0 atom stereocenters. The smallest absolute Gasteiger partial charge is 0.131 e. The van der Waals surface area contributed by atoms with Gasteiger partial charge >= 0.3 is 0 Å². The van der Waals surface area contributed by atoms with E-state index in [9.17, 15) is 0 Å². The average Bonchev–Trinajstić information content (AvgIpc) is 2.68. The number of hydrogen-bond acceptors (Lipinski definition) is 3. The van der Waals surface area contributed by atoms with Gasteiger partial charge in [0.2, 0.25) is 0 Å². The molecule has 2 rings (SSSR count). The molecule has 0 amide bonds. The van der Waals surface area contributed by atoms with Crippen LogP contribution in [-0.2, 0) is 6.42 Å². The molecule has 1 aromatic heterocycles. The van der Waals surface area contributed by atoms with E-state index in [0.29, 0.717) is 6.54 Å². The molecule has 0 spiro atoms. The highest BCUT2D eigenvalue weighted by Crippen LogP contribution is 2.24. The number of nitrogens with two attached hydrogens (primary N) is 1. The summed E-state index contributed by atoms with van der Waals surface area (Å²) in [6, 6.07) is 8.04. The molecule has 2 N–H and O–H groups in total. The van der Waals surface area contributed by atoms with Gasteiger partial charge < -0.3 is 10.3 Å². The van der Waals surface area contributed by atoms with Crippen LogP contribution in [0.15, 0.2) is 39.5 Å². The first-order valence-corrected chi connectivity index (χ1v) is 5.50. The van der Waals surface area contributed by atoms with Crippen molar-refractivity contribution in [2.75, 3.05) is 6.54 Å². The lowest BCUT2D eigenvalue weighted by molar-refractivity contribution is 0.412. The van der Waals surface area contributed by atoms with Crippen LogP contribution in [0.25, 0.3) is 11.1 Å².